The predicted octanol–water partition coefficient (Wildman–Crippen LogP) is 0.910. The summed E-state index contributed by atoms with van der Waals surface area (Å²) in [4.78, 5) is 0. The van der Waals surface area contributed by atoms with Gasteiger partial charge in [0, 0.05) is 42.2 Å². The molecule has 0 aliphatic rings. The Morgan fingerprint density at radius 3 is 2.29 bits per heavy atom. The van der Waals surface area contributed by atoms with E-state index in [4.69, 9.17) is 0 Å². The van der Waals surface area contributed by atoms with Gasteiger partial charge in [-0.05, 0) is 13.0 Å². The minimum atomic E-state index is 0. The molecule has 0 aromatic rings. The van der Waals surface area contributed by atoms with Crippen molar-refractivity contribution in [1.82, 2.24) is 0 Å². The van der Waals surface area contributed by atoms with Gasteiger partial charge in [0.1, 0.15) is 0 Å². The fourth-order valence-corrected chi connectivity index (χ4v) is 0.612. The second-order valence-electron chi connectivity index (χ2n) is 1.04. The summed E-state index contributed by atoms with van der Waals surface area (Å²) in [5.41, 5.74) is 0. The van der Waals surface area contributed by atoms with E-state index in [1.807, 2.05) is 6.92 Å². The van der Waals surface area contributed by atoms with Crippen LogP contribution in [0.15, 0.2) is 0 Å². The molecule has 2 radical (unpaired) electrons. The summed E-state index contributed by atoms with van der Waals surface area (Å²) >= 11 is 0. The van der Waals surface area contributed by atoms with Crippen LogP contribution in [-0.4, -0.2) is 9.52 Å². The molecule has 0 atom stereocenters. The quantitative estimate of drug-likeness (QED) is 0.421. The van der Waals surface area contributed by atoms with Gasteiger partial charge in [-0.3, -0.25) is 0 Å². The molecule has 0 aromatic carbocycles. The van der Waals surface area contributed by atoms with E-state index in [0.29, 0.717) is 9.52 Å². The second kappa shape index (κ2) is 9.99. The topological polar surface area (TPSA) is 0 Å². The largest absolute Gasteiger partial charge is 0.107 e. The third-order valence-corrected chi connectivity index (χ3v) is 1.10. The van der Waals surface area contributed by atoms with Crippen LogP contribution in [0.2, 0.25) is 12.6 Å². The molecule has 0 N–H and O–H groups in total. The van der Waals surface area contributed by atoms with E-state index in [9.17, 15) is 0 Å². The van der Waals surface area contributed by atoms with Crippen molar-refractivity contribution in [2.75, 3.05) is 0 Å². The molecule has 0 nitrogen and oxygen atoms in total. The first-order chi connectivity index (χ1) is 2.91. The van der Waals surface area contributed by atoms with Crippen LogP contribution < -0.4 is 0 Å². The van der Waals surface area contributed by atoms with Crippen LogP contribution in [-0.2, 0) is 32.7 Å². The normalized spacial score (nSPS) is 5.43. The van der Waals surface area contributed by atoms with Gasteiger partial charge in [-0.25, -0.2) is 0 Å². The standard InChI is InChI=1S/C5H9Si.Y/c1-3-4-5-6-2;/h6H,5H2,1-2H3;. The van der Waals surface area contributed by atoms with Crippen molar-refractivity contribution in [1.29, 1.82) is 0 Å². The molecule has 0 saturated carbocycles. The Bertz CT molecular complexity index is 69.9. The first-order valence-electron chi connectivity index (χ1n) is 2.09. The Balaban J connectivity index is 0. The maximum Gasteiger partial charge on any atom is 0.0398 e. The summed E-state index contributed by atoms with van der Waals surface area (Å²) in [5.74, 6) is 5.82. The van der Waals surface area contributed by atoms with Crippen molar-refractivity contribution in [3.63, 3.8) is 0 Å². The van der Waals surface area contributed by atoms with Crippen LogP contribution in [0, 0.1) is 11.8 Å². The van der Waals surface area contributed by atoms with Crippen molar-refractivity contribution in [2.24, 2.45) is 0 Å². The summed E-state index contributed by atoms with van der Waals surface area (Å²) in [6.45, 7) is 4.10. The molecule has 0 saturated heterocycles. The fraction of sp³-hybridized carbons (Fsp3) is 0.600. The third kappa shape index (κ3) is 10.9. The Kier molecular flexibility index (Phi) is 15.4. The smallest absolute Gasteiger partial charge is 0.0398 e. The summed E-state index contributed by atoms with van der Waals surface area (Å²) in [6.07, 6.45) is 0. The molecule has 2 heteroatoms. The second-order valence-corrected chi connectivity index (χ2v) is 2.26. The van der Waals surface area contributed by atoms with Crippen LogP contribution in [0.4, 0.5) is 0 Å². The zero-order valence-electron chi connectivity index (χ0n) is 4.86. The van der Waals surface area contributed by atoms with E-state index in [2.05, 4.69) is 18.4 Å². The maximum absolute atomic E-state index is 2.98. The van der Waals surface area contributed by atoms with Gasteiger partial charge in [0.05, 0.1) is 0 Å². The zero-order valence-corrected chi connectivity index (χ0v) is 8.85. The molecule has 0 spiro atoms. The van der Waals surface area contributed by atoms with Crippen molar-refractivity contribution >= 4 is 9.52 Å². The van der Waals surface area contributed by atoms with Crippen molar-refractivity contribution in [3.05, 3.63) is 0 Å². The first kappa shape index (κ1) is 10.8. The maximum atomic E-state index is 2.98. The van der Waals surface area contributed by atoms with Crippen LogP contribution in [0.5, 0.6) is 0 Å². The summed E-state index contributed by atoms with van der Waals surface area (Å²) in [5, 5.41) is 0. The predicted molar refractivity (Wildman–Crippen MR) is 31.3 cm³/mol. The minimum absolute atomic E-state index is 0. The SMILES string of the molecule is CC#CC[SiH]C.[Y]. The average molecular weight is 186 g/mol. The van der Waals surface area contributed by atoms with Gasteiger partial charge in [-0.1, -0.05) is 6.55 Å². The van der Waals surface area contributed by atoms with Gasteiger partial charge >= 0.3 is 0 Å². The molecular weight excluding hydrogens is 177 g/mol. The Morgan fingerprint density at radius 2 is 2.14 bits per heavy atom. The summed E-state index contributed by atoms with van der Waals surface area (Å²) in [7, 11) is 0.610. The Morgan fingerprint density at radius 1 is 1.57 bits per heavy atom. The molecule has 7 heavy (non-hydrogen) atoms. The van der Waals surface area contributed by atoms with Crippen LogP contribution in [0.3, 0.4) is 0 Å². The number of rotatable bonds is 1. The number of hydrogen-bond acceptors (Lipinski definition) is 0. The molecule has 0 bridgehead atoms. The molecule has 0 heterocycles. The van der Waals surface area contributed by atoms with Gasteiger partial charge < -0.3 is 0 Å². The first-order valence-corrected chi connectivity index (χ1v) is 4.06. The molecule has 36 valence electrons. The monoisotopic (exact) mass is 186 g/mol. The van der Waals surface area contributed by atoms with Gasteiger partial charge in [0.15, 0.2) is 0 Å². The van der Waals surface area contributed by atoms with Gasteiger partial charge in [0.2, 0.25) is 0 Å². The van der Waals surface area contributed by atoms with E-state index >= 15 is 0 Å². The van der Waals surface area contributed by atoms with E-state index in [1.54, 1.807) is 0 Å². The summed E-state index contributed by atoms with van der Waals surface area (Å²) < 4.78 is 0. The molecule has 0 rings (SSSR count). The van der Waals surface area contributed by atoms with E-state index in [0.717, 1.165) is 6.04 Å². The van der Waals surface area contributed by atoms with Crippen molar-refractivity contribution in [3.8, 4) is 11.8 Å². The van der Waals surface area contributed by atoms with Crippen molar-refractivity contribution < 1.29 is 32.7 Å². The third-order valence-electron chi connectivity index (χ3n) is 0.483. The van der Waals surface area contributed by atoms with Gasteiger partial charge in [-0.15, -0.1) is 11.8 Å². The summed E-state index contributed by atoms with van der Waals surface area (Å²) in [6, 6.07) is 1.14. The average Bonchev–Trinajstić information content (AvgIpc) is 1.61. The fourth-order valence-electron chi connectivity index (χ4n) is 0.204. The number of hydrogen-bond donors (Lipinski definition) is 0. The molecule has 0 aliphatic carbocycles. The molecule has 0 unspecified atom stereocenters. The Hall–Kier alpha value is 0.881. The minimum Gasteiger partial charge on any atom is -0.107 e. The van der Waals surface area contributed by atoms with Gasteiger partial charge in [-0.2, -0.15) is 0 Å². The molecule has 0 amide bonds. The Labute approximate surface area is 73.2 Å². The molecular formula is C5H9SiY. The van der Waals surface area contributed by atoms with E-state index < -0.39 is 0 Å². The van der Waals surface area contributed by atoms with E-state index in [-0.39, 0.29) is 32.7 Å². The molecule has 0 aliphatic heterocycles. The van der Waals surface area contributed by atoms with E-state index in [1.165, 1.54) is 0 Å². The molecule has 0 aromatic heterocycles. The molecule has 0 fully saturated rings. The van der Waals surface area contributed by atoms with Crippen LogP contribution in [0.25, 0.3) is 0 Å². The zero-order chi connectivity index (χ0) is 4.83. The van der Waals surface area contributed by atoms with Gasteiger partial charge in [0.25, 0.3) is 0 Å². The van der Waals surface area contributed by atoms with Crippen LogP contribution in [0.1, 0.15) is 6.92 Å². The van der Waals surface area contributed by atoms with Crippen molar-refractivity contribution in [2.45, 2.75) is 19.5 Å². The van der Waals surface area contributed by atoms with Crippen LogP contribution >= 0.6 is 0 Å².